The summed E-state index contributed by atoms with van der Waals surface area (Å²) in [6.07, 6.45) is 3.73. The van der Waals surface area contributed by atoms with Gasteiger partial charge in [-0.05, 0) is 43.9 Å². The largest absolute Gasteiger partial charge is 0.340 e. The van der Waals surface area contributed by atoms with Crippen LogP contribution in [0.25, 0.3) is 0 Å². The van der Waals surface area contributed by atoms with Crippen molar-refractivity contribution < 1.29 is 9.59 Å². The molecule has 1 aromatic carbocycles. The highest BCUT2D eigenvalue weighted by Crippen LogP contribution is 2.22. The van der Waals surface area contributed by atoms with Gasteiger partial charge in [-0.2, -0.15) is 0 Å². The molecule has 0 unspecified atom stereocenters. The summed E-state index contributed by atoms with van der Waals surface area (Å²) in [4.78, 5) is 28.0. The van der Waals surface area contributed by atoms with Gasteiger partial charge in [0.25, 0.3) is 0 Å². The molecule has 5 nitrogen and oxygen atoms in total. The smallest absolute Gasteiger partial charge is 0.227 e. The van der Waals surface area contributed by atoms with Crippen LogP contribution in [0.2, 0.25) is 0 Å². The maximum atomic E-state index is 12.5. The van der Waals surface area contributed by atoms with Crippen LogP contribution in [0.15, 0.2) is 24.3 Å². The predicted molar refractivity (Wildman–Crippen MR) is 90.1 cm³/mol. The van der Waals surface area contributed by atoms with Crippen molar-refractivity contribution in [1.29, 1.82) is 0 Å². The van der Waals surface area contributed by atoms with E-state index in [0.29, 0.717) is 12.8 Å². The van der Waals surface area contributed by atoms with Crippen LogP contribution in [-0.4, -0.2) is 41.9 Å². The molecule has 2 atom stereocenters. The zero-order chi connectivity index (χ0) is 16.4. The van der Waals surface area contributed by atoms with E-state index in [-0.39, 0.29) is 23.9 Å². The van der Waals surface area contributed by atoms with Crippen molar-refractivity contribution in [3.8, 4) is 0 Å². The average molecular weight is 315 g/mol. The summed E-state index contributed by atoms with van der Waals surface area (Å²) in [5.41, 5.74) is 7.88. The third kappa shape index (κ3) is 3.55. The van der Waals surface area contributed by atoms with Crippen LogP contribution in [0.1, 0.15) is 38.2 Å². The molecule has 0 aliphatic carbocycles. The minimum absolute atomic E-state index is 0.161. The van der Waals surface area contributed by atoms with E-state index in [0.717, 1.165) is 43.6 Å². The quantitative estimate of drug-likeness (QED) is 0.923. The number of rotatable bonds is 3. The summed E-state index contributed by atoms with van der Waals surface area (Å²) in [6.45, 7) is 3.61. The number of nitrogens with zero attached hydrogens (tertiary/aromatic N) is 2. The first kappa shape index (κ1) is 16.0. The van der Waals surface area contributed by atoms with E-state index in [2.05, 4.69) is 6.92 Å². The third-order valence-electron chi connectivity index (χ3n) is 4.91. The maximum Gasteiger partial charge on any atom is 0.227 e. The van der Waals surface area contributed by atoms with Crippen LogP contribution in [0.3, 0.4) is 0 Å². The number of amides is 2. The van der Waals surface area contributed by atoms with Gasteiger partial charge in [0.2, 0.25) is 11.8 Å². The van der Waals surface area contributed by atoms with Gasteiger partial charge in [-0.25, -0.2) is 0 Å². The van der Waals surface area contributed by atoms with Crippen molar-refractivity contribution in [2.75, 3.05) is 18.0 Å². The molecule has 2 aliphatic heterocycles. The molecular weight excluding hydrogens is 290 g/mol. The molecule has 0 spiro atoms. The van der Waals surface area contributed by atoms with Gasteiger partial charge in [-0.15, -0.1) is 0 Å². The number of piperidine rings is 1. The number of anilines is 1. The van der Waals surface area contributed by atoms with Crippen LogP contribution in [-0.2, 0) is 16.0 Å². The summed E-state index contributed by atoms with van der Waals surface area (Å²) in [5.74, 6) is 0.349. The summed E-state index contributed by atoms with van der Waals surface area (Å²) in [6, 6.07) is 8.24. The Balaban J connectivity index is 1.62. The fourth-order valence-electron chi connectivity index (χ4n) is 3.57. The number of benzene rings is 1. The van der Waals surface area contributed by atoms with Crippen molar-refractivity contribution in [1.82, 2.24) is 4.90 Å². The minimum atomic E-state index is 0.161. The van der Waals surface area contributed by atoms with Gasteiger partial charge in [-0.3, -0.25) is 9.59 Å². The minimum Gasteiger partial charge on any atom is -0.340 e. The SMILES string of the molecule is C[C@@H]1C[C@H](N)CCN1C(=O)Cc1ccc(N2CCCC2=O)cc1. The Kier molecular flexibility index (Phi) is 4.66. The first-order chi connectivity index (χ1) is 11.0. The molecule has 0 bridgehead atoms. The van der Waals surface area contributed by atoms with Crippen LogP contribution in [0.4, 0.5) is 5.69 Å². The molecule has 2 amide bonds. The Morgan fingerprint density at radius 3 is 2.61 bits per heavy atom. The lowest BCUT2D eigenvalue weighted by Crippen LogP contribution is -2.48. The van der Waals surface area contributed by atoms with Gasteiger partial charge >= 0.3 is 0 Å². The lowest BCUT2D eigenvalue weighted by molar-refractivity contribution is -0.133. The third-order valence-corrected chi connectivity index (χ3v) is 4.91. The van der Waals surface area contributed by atoms with Crippen molar-refractivity contribution in [3.63, 3.8) is 0 Å². The molecule has 0 radical (unpaired) electrons. The number of hydrogen-bond donors (Lipinski definition) is 1. The molecule has 124 valence electrons. The van der Waals surface area contributed by atoms with Crippen molar-refractivity contribution in [2.24, 2.45) is 5.73 Å². The van der Waals surface area contributed by atoms with Crippen LogP contribution in [0, 0.1) is 0 Å². The van der Waals surface area contributed by atoms with E-state index in [4.69, 9.17) is 5.73 Å². The first-order valence-corrected chi connectivity index (χ1v) is 8.49. The molecule has 0 aromatic heterocycles. The van der Waals surface area contributed by atoms with E-state index >= 15 is 0 Å². The van der Waals surface area contributed by atoms with E-state index in [9.17, 15) is 9.59 Å². The second-order valence-corrected chi connectivity index (χ2v) is 6.71. The Morgan fingerprint density at radius 2 is 2.00 bits per heavy atom. The topological polar surface area (TPSA) is 66.6 Å². The maximum absolute atomic E-state index is 12.5. The normalized spacial score (nSPS) is 25.0. The van der Waals surface area contributed by atoms with Gasteiger partial charge in [0.1, 0.15) is 0 Å². The van der Waals surface area contributed by atoms with Gasteiger partial charge in [-0.1, -0.05) is 12.1 Å². The average Bonchev–Trinajstić information content (AvgIpc) is 2.94. The molecule has 23 heavy (non-hydrogen) atoms. The molecular formula is C18H25N3O2. The Hall–Kier alpha value is -1.88. The molecule has 2 saturated heterocycles. The molecule has 1 aromatic rings. The molecule has 2 N–H and O–H groups in total. The number of likely N-dealkylation sites (tertiary alicyclic amines) is 1. The lowest BCUT2D eigenvalue weighted by atomic mass is 9.98. The second-order valence-electron chi connectivity index (χ2n) is 6.71. The predicted octanol–water partition coefficient (Wildman–Crippen LogP) is 1.69. The zero-order valence-corrected chi connectivity index (χ0v) is 13.7. The number of carbonyl (C=O) groups excluding carboxylic acids is 2. The van der Waals surface area contributed by atoms with Crippen LogP contribution < -0.4 is 10.6 Å². The van der Waals surface area contributed by atoms with E-state index in [1.807, 2.05) is 34.1 Å². The standard InChI is InChI=1S/C18H25N3O2/c1-13-11-15(19)8-10-20(13)18(23)12-14-4-6-16(7-5-14)21-9-2-3-17(21)22/h4-7,13,15H,2-3,8-12,19H2,1H3/t13-,15-/m1/s1. The van der Waals surface area contributed by atoms with E-state index in [1.54, 1.807) is 0 Å². The lowest BCUT2D eigenvalue weighted by Gasteiger charge is -2.36. The molecule has 2 aliphatic rings. The molecule has 2 fully saturated rings. The highest BCUT2D eigenvalue weighted by molar-refractivity contribution is 5.95. The van der Waals surface area contributed by atoms with Crippen molar-refractivity contribution in [2.45, 2.75) is 51.1 Å². The Labute approximate surface area is 137 Å². The van der Waals surface area contributed by atoms with Gasteiger partial charge in [0.15, 0.2) is 0 Å². The summed E-state index contributed by atoms with van der Waals surface area (Å²) >= 11 is 0. The van der Waals surface area contributed by atoms with Crippen molar-refractivity contribution >= 4 is 17.5 Å². The summed E-state index contributed by atoms with van der Waals surface area (Å²) in [7, 11) is 0. The van der Waals surface area contributed by atoms with E-state index < -0.39 is 0 Å². The Bertz CT molecular complexity index is 584. The fourth-order valence-corrected chi connectivity index (χ4v) is 3.57. The monoisotopic (exact) mass is 315 g/mol. The molecule has 2 heterocycles. The van der Waals surface area contributed by atoms with Crippen LogP contribution >= 0.6 is 0 Å². The van der Waals surface area contributed by atoms with Gasteiger partial charge in [0.05, 0.1) is 6.42 Å². The first-order valence-electron chi connectivity index (χ1n) is 8.49. The second kappa shape index (κ2) is 6.71. The summed E-state index contributed by atoms with van der Waals surface area (Å²) < 4.78 is 0. The van der Waals surface area contributed by atoms with Crippen molar-refractivity contribution in [3.05, 3.63) is 29.8 Å². The zero-order valence-electron chi connectivity index (χ0n) is 13.7. The van der Waals surface area contributed by atoms with Gasteiger partial charge in [0, 0.05) is 37.3 Å². The summed E-state index contributed by atoms with van der Waals surface area (Å²) in [5, 5.41) is 0. The van der Waals surface area contributed by atoms with E-state index in [1.165, 1.54) is 0 Å². The number of carbonyl (C=O) groups is 2. The highest BCUT2D eigenvalue weighted by atomic mass is 16.2. The van der Waals surface area contributed by atoms with Crippen LogP contribution in [0.5, 0.6) is 0 Å². The fraction of sp³-hybridized carbons (Fsp3) is 0.556. The van der Waals surface area contributed by atoms with Gasteiger partial charge < -0.3 is 15.5 Å². The number of nitrogens with two attached hydrogens (primary N) is 1. The molecule has 0 saturated carbocycles. The highest BCUT2D eigenvalue weighted by Gasteiger charge is 2.27. The molecule has 3 rings (SSSR count). The number of hydrogen-bond acceptors (Lipinski definition) is 3. The Morgan fingerprint density at radius 1 is 1.26 bits per heavy atom. The molecule has 5 heteroatoms.